The predicted molar refractivity (Wildman–Crippen MR) is 134 cm³/mol. The topological polar surface area (TPSA) is 70.2 Å². The highest BCUT2D eigenvalue weighted by Crippen LogP contribution is 2.40. The number of hydrogen-bond donors (Lipinski definition) is 2. The monoisotopic (exact) mass is 497 g/mol. The van der Waals surface area contributed by atoms with E-state index in [1.165, 1.54) is 13.0 Å². The van der Waals surface area contributed by atoms with E-state index < -0.39 is 17.8 Å². The first kappa shape index (κ1) is 24.3. The van der Waals surface area contributed by atoms with E-state index in [-0.39, 0.29) is 16.9 Å². The third-order valence-corrected chi connectivity index (χ3v) is 7.91. The third-order valence-electron chi connectivity index (χ3n) is 7.91. The quantitative estimate of drug-likeness (QED) is 0.495. The maximum atomic E-state index is 13.4. The second-order valence-corrected chi connectivity index (χ2v) is 10.0. The molecule has 9 heteroatoms. The van der Waals surface area contributed by atoms with Crippen LogP contribution in [0.1, 0.15) is 54.6 Å². The first-order valence-electron chi connectivity index (χ1n) is 12.3. The number of aryl methyl sites for hydroxylation is 1. The summed E-state index contributed by atoms with van der Waals surface area (Å²) in [6, 6.07) is 10.00. The summed E-state index contributed by atoms with van der Waals surface area (Å²) in [6.45, 7) is 7.56. The van der Waals surface area contributed by atoms with Crippen LogP contribution in [-0.4, -0.2) is 35.7 Å². The summed E-state index contributed by atoms with van der Waals surface area (Å²) in [5.74, 6) is 0.710. The predicted octanol–water partition coefficient (Wildman–Crippen LogP) is 5.55. The number of nitrogens with zero attached hydrogens (tertiary/aromatic N) is 3. The molecule has 1 unspecified atom stereocenters. The number of benzene rings is 2. The highest BCUT2D eigenvalue weighted by atomic mass is 19.4. The number of amides is 1. The Labute approximate surface area is 208 Å². The lowest BCUT2D eigenvalue weighted by Gasteiger charge is -2.38. The maximum Gasteiger partial charge on any atom is 0.416 e. The molecule has 0 aliphatic carbocycles. The van der Waals surface area contributed by atoms with E-state index in [0.717, 1.165) is 67.1 Å². The molecule has 0 radical (unpaired) electrons. The number of aromatic nitrogens is 2. The van der Waals surface area contributed by atoms with Gasteiger partial charge in [0.1, 0.15) is 0 Å². The van der Waals surface area contributed by atoms with Gasteiger partial charge in [0.25, 0.3) is 0 Å². The lowest BCUT2D eigenvalue weighted by atomic mass is 9.77. The summed E-state index contributed by atoms with van der Waals surface area (Å²) in [5.41, 5.74) is 1.72. The molecule has 5 rings (SSSR count). The maximum absolute atomic E-state index is 13.4. The zero-order chi connectivity index (χ0) is 25.7. The average molecular weight is 498 g/mol. The molecule has 2 N–H and O–H groups in total. The van der Waals surface area contributed by atoms with Crippen LogP contribution in [0, 0.1) is 19.3 Å². The van der Waals surface area contributed by atoms with E-state index in [4.69, 9.17) is 0 Å². The van der Waals surface area contributed by atoms with Crippen molar-refractivity contribution < 1.29 is 18.0 Å². The number of hydrogen-bond acceptors (Lipinski definition) is 5. The fourth-order valence-electron chi connectivity index (χ4n) is 5.68. The van der Waals surface area contributed by atoms with Crippen LogP contribution >= 0.6 is 0 Å². The van der Waals surface area contributed by atoms with E-state index in [1.54, 1.807) is 6.07 Å². The highest BCUT2D eigenvalue weighted by Gasteiger charge is 2.44. The standard InChI is InChI=1S/C27H30F3N5O/c1-16-20(5-4-6-23(16)27(28,29)30)17(2)32-24-22-15-19(7-8-21(22)18(3)33-34-24)35-13-10-26(11-14-35)9-12-31-25(26)36/h4-8,15,17H,9-14H2,1-3H3,(H,31,36)(H,32,34). The van der Waals surface area contributed by atoms with Crippen molar-refractivity contribution in [2.75, 3.05) is 29.9 Å². The number of carbonyl (C=O) groups is 1. The normalized spacial score (nSPS) is 18.5. The Morgan fingerprint density at radius 1 is 1.06 bits per heavy atom. The van der Waals surface area contributed by atoms with E-state index in [0.29, 0.717) is 11.4 Å². The largest absolute Gasteiger partial charge is 0.416 e. The third kappa shape index (κ3) is 4.24. The molecule has 190 valence electrons. The molecule has 2 aliphatic rings. The fraction of sp³-hybridized carbons (Fsp3) is 0.444. The van der Waals surface area contributed by atoms with Crippen LogP contribution in [0.2, 0.25) is 0 Å². The van der Waals surface area contributed by atoms with Gasteiger partial charge in [-0.2, -0.15) is 18.3 Å². The van der Waals surface area contributed by atoms with Crippen molar-refractivity contribution in [3.8, 4) is 0 Å². The molecule has 0 bridgehead atoms. The molecule has 3 aromatic rings. The zero-order valence-electron chi connectivity index (χ0n) is 20.7. The molecule has 1 aromatic heterocycles. The van der Waals surface area contributed by atoms with Crippen molar-refractivity contribution in [1.29, 1.82) is 0 Å². The van der Waals surface area contributed by atoms with Gasteiger partial charge in [0, 0.05) is 36.1 Å². The van der Waals surface area contributed by atoms with Crippen molar-refractivity contribution in [2.45, 2.75) is 52.3 Å². The lowest BCUT2D eigenvalue weighted by Crippen LogP contribution is -2.43. The number of anilines is 2. The Morgan fingerprint density at radius 2 is 1.81 bits per heavy atom. The average Bonchev–Trinajstić information content (AvgIpc) is 3.19. The number of nitrogens with one attached hydrogen (secondary N) is 2. The summed E-state index contributed by atoms with van der Waals surface area (Å²) in [5, 5.41) is 16.7. The van der Waals surface area contributed by atoms with Gasteiger partial charge in [-0.25, -0.2) is 0 Å². The van der Waals surface area contributed by atoms with Crippen LogP contribution in [-0.2, 0) is 11.0 Å². The van der Waals surface area contributed by atoms with E-state index in [9.17, 15) is 18.0 Å². The fourth-order valence-corrected chi connectivity index (χ4v) is 5.68. The summed E-state index contributed by atoms with van der Waals surface area (Å²) < 4.78 is 40.3. The SMILES string of the molecule is Cc1c(C(C)Nc2nnc(C)c3ccc(N4CCC5(CCNC5=O)CC4)cc23)cccc1C(F)(F)F. The summed E-state index contributed by atoms with van der Waals surface area (Å²) in [6.07, 6.45) is -1.87. The van der Waals surface area contributed by atoms with Gasteiger partial charge in [-0.3, -0.25) is 4.79 Å². The summed E-state index contributed by atoms with van der Waals surface area (Å²) in [4.78, 5) is 14.6. The molecule has 2 saturated heterocycles. The number of halogens is 3. The minimum Gasteiger partial charge on any atom is -0.371 e. The first-order chi connectivity index (χ1) is 17.1. The number of rotatable bonds is 4. The van der Waals surface area contributed by atoms with Crippen LogP contribution in [0.25, 0.3) is 10.8 Å². The summed E-state index contributed by atoms with van der Waals surface area (Å²) >= 11 is 0. The van der Waals surface area contributed by atoms with Crippen molar-refractivity contribution in [2.24, 2.45) is 5.41 Å². The smallest absolute Gasteiger partial charge is 0.371 e. The number of alkyl halides is 3. The van der Waals surface area contributed by atoms with Gasteiger partial charge in [0.05, 0.1) is 22.7 Å². The number of piperidine rings is 1. The minimum absolute atomic E-state index is 0.178. The van der Waals surface area contributed by atoms with Crippen molar-refractivity contribution >= 4 is 28.2 Å². The van der Waals surface area contributed by atoms with Gasteiger partial charge < -0.3 is 15.5 Å². The van der Waals surface area contributed by atoms with E-state index in [2.05, 4.69) is 37.9 Å². The molecular weight excluding hydrogens is 467 g/mol. The molecule has 6 nitrogen and oxygen atoms in total. The Kier molecular flexibility index (Phi) is 6.04. The molecule has 3 heterocycles. The second kappa shape index (κ2) is 8.94. The molecule has 1 atom stereocenters. The van der Waals surface area contributed by atoms with Gasteiger partial charge >= 0.3 is 6.18 Å². The Bertz CT molecular complexity index is 1310. The minimum atomic E-state index is -4.41. The Hall–Kier alpha value is -3.36. The highest BCUT2D eigenvalue weighted by molar-refractivity contribution is 5.95. The molecule has 36 heavy (non-hydrogen) atoms. The van der Waals surface area contributed by atoms with Crippen LogP contribution in [0.4, 0.5) is 24.7 Å². The second-order valence-electron chi connectivity index (χ2n) is 10.0. The van der Waals surface area contributed by atoms with Crippen LogP contribution in [0.15, 0.2) is 36.4 Å². The Morgan fingerprint density at radius 3 is 2.47 bits per heavy atom. The van der Waals surface area contributed by atoms with Crippen molar-refractivity contribution in [3.05, 3.63) is 58.8 Å². The first-order valence-corrected chi connectivity index (χ1v) is 12.3. The molecule has 2 aromatic carbocycles. The Balaban J connectivity index is 1.43. The van der Waals surface area contributed by atoms with Gasteiger partial charge in [0.15, 0.2) is 5.82 Å². The molecule has 1 amide bonds. The molecule has 1 spiro atoms. The van der Waals surface area contributed by atoms with Gasteiger partial charge in [-0.1, -0.05) is 18.2 Å². The zero-order valence-corrected chi connectivity index (χ0v) is 20.7. The van der Waals surface area contributed by atoms with Gasteiger partial charge in [-0.05, 0) is 69.4 Å². The van der Waals surface area contributed by atoms with Gasteiger partial charge in [-0.15, -0.1) is 5.10 Å². The molecule has 2 fully saturated rings. The van der Waals surface area contributed by atoms with Crippen molar-refractivity contribution in [3.63, 3.8) is 0 Å². The number of fused-ring (bicyclic) bond motifs is 1. The summed E-state index contributed by atoms with van der Waals surface area (Å²) in [7, 11) is 0. The number of carbonyl (C=O) groups excluding carboxylic acids is 1. The molecule has 0 saturated carbocycles. The van der Waals surface area contributed by atoms with Crippen LogP contribution in [0.3, 0.4) is 0 Å². The van der Waals surface area contributed by atoms with E-state index >= 15 is 0 Å². The van der Waals surface area contributed by atoms with Crippen LogP contribution < -0.4 is 15.5 Å². The molecular formula is C27H30F3N5O. The van der Waals surface area contributed by atoms with Crippen molar-refractivity contribution in [1.82, 2.24) is 15.5 Å². The van der Waals surface area contributed by atoms with Crippen LogP contribution in [0.5, 0.6) is 0 Å². The molecule has 2 aliphatic heterocycles. The van der Waals surface area contributed by atoms with Gasteiger partial charge in [0.2, 0.25) is 5.91 Å². The lowest BCUT2D eigenvalue weighted by molar-refractivity contribution is -0.138. The van der Waals surface area contributed by atoms with E-state index in [1.807, 2.05) is 19.9 Å².